The highest BCUT2D eigenvalue weighted by Gasteiger charge is 2.26. The molecule has 2 N–H and O–H groups in total. The third-order valence-electron chi connectivity index (χ3n) is 4.27. The second-order valence-electron chi connectivity index (χ2n) is 6.49. The monoisotopic (exact) mass is 420 g/mol. The van der Waals surface area contributed by atoms with Gasteiger partial charge in [0, 0.05) is 17.3 Å². The van der Waals surface area contributed by atoms with Crippen molar-refractivity contribution in [3.8, 4) is 12.1 Å². The normalized spacial score (nSPS) is 11.6. The average molecular weight is 421 g/mol. The quantitative estimate of drug-likeness (QED) is 0.266. The number of nitrogens with one attached hydrogen (secondary N) is 1. The number of anilines is 1. The van der Waals surface area contributed by atoms with Crippen molar-refractivity contribution in [2.75, 3.05) is 4.90 Å². The molecular formula is C21H16N4O2S2. The molecule has 0 saturated heterocycles. The highest BCUT2D eigenvalue weighted by atomic mass is 32.1. The maximum absolute atomic E-state index is 13.2. The Labute approximate surface area is 176 Å². The van der Waals surface area contributed by atoms with Crippen molar-refractivity contribution in [3.05, 3.63) is 63.1 Å². The molecule has 0 unspecified atom stereocenters. The van der Waals surface area contributed by atoms with Crippen LogP contribution in [0, 0.1) is 26.6 Å². The standard InChI is InChI=1S/C21H16N4O2S2/c1-12(2)25(15-7-8-17-18(9-15)29-21(28)24-17)20(27)16(11-23)19(26)14-5-3-13(10-22)4-6-14/h3-9,12,26H,1-2H3,(H,24,28)/b19-16-. The SMILES string of the molecule is CC(C)N(C(=O)/C(C#N)=C(\O)c1ccc(C#N)cc1)c1ccc2[nH]c(=S)sc2c1. The largest absolute Gasteiger partial charge is 0.506 e. The third-order valence-corrected chi connectivity index (χ3v) is 5.47. The third kappa shape index (κ3) is 4.04. The number of aliphatic hydroxyl groups is 1. The summed E-state index contributed by atoms with van der Waals surface area (Å²) in [5.74, 6) is -1.03. The van der Waals surface area contributed by atoms with Gasteiger partial charge in [-0.25, -0.2) is 0 Å². The Balaban J connectivity index is 2.07. The Morgan fingerprint density at radius 2 is 1.90 bits per heavy atom. The minimum atomic E-state index is -0.608. The molecule has 3 rings (SSSR count). The van der Waals surface area contributed by atoms with Gasteiger partial charge in [-0.1, -0.05) is 0 Å². The molecule has 0 aliphatic carbocycles. The van der Waals surface area contributed by atoms with Gasteiger partial charge < -0.3 is 15.0 Å². The van der Waals surface area contributed by atoms with Crippen LogP contribution in [0.1, 0.15) is 25.0 Å². The molecule has 3 aromatic rings. The van der Waals surface area contributed by atoms with Crippen LogP contribution >= 0.6 is 23.6 Å². The number of thiazole rings is 1. The smallest absolute Gasteiger partial charge is 0.273 e. The molecule has 0 spiro atoms. The fourth-order valence-corrected chi connectivity index (χ4v) is 4.05. The van der Waals surface area contributed by atoms with Gasteiger partial charge >= 0.3 is 0 Å². The van der Waals surface area contributed by atoms with E-state index in [4.69, 9.17) is 17.5 Å². The van der Waals surface area contributed by atoms with Gasteiger partial charge in [0.2, 0.25) is 0 Å². The van der Waals surface area contributed by atoms with Crippen molar-refractivity contribution < 1.29 is 9.90 Å². The summed E-state index contributed by atoms with van der Waals surface area (Å²) in [6, 6.07) is 15.0. The average Bonchev–Trinajstić information content (AvgIpc) is 3.07. The van der Waals surface area contributed by atoms with Gasteiger partial charge in [-0.3, -0.25) is 4.79 Å². The van der Waals surface area contributed by atoms with E-state index < -0.39 is 11.7 Å². The number of aliphatic hydroxyl groups excluding tert-OH is 1. The first kappa shape index (κ1) is 20.3. The summed E-state index contributed by atoms with van der Waals surface area (Å²) in [7, 11) is 0. The zero-order valence-electron chi connectivity index (χ0n) is 15.6. The lowest BCUT2D eigenvalue weighted by Gasteiger charge is -2.27. The molecule has 8 heteroatoms. The number of nitriles is 2. The van der Waals surface area contributed by atoms with E-state index in [1.165, 1.54) is 40.5 Å². The predicted molar refractivity (Wildman–Crippen MR) is 116 cm³/mol. The molecule has 0 saturated carbocycles. The second-order valence-corrected chi connectivity index (χ2v) is 8.21. The molecule has 1 amide bonds. The van der Waals surface area contributed by atoms with Crippen molar-refractivity contribution >= 4 is 51.1 Å². The Bertz CT molecular complexity index is 1250. The molecule has 0 fully saturated rings. The lowest BCUT2D eigenvalue weighted by molar-refractivity contribution is -0.115. The van der Waals surface area contributed by atoms with E-state index in [0.717, 1.165) is 10.2 Å². The van der Waals surface area contributed by atoms with Gasteiger partial charge in [0.1, 0.15) is 11.8 Å². The Morgan fingerprint density at radius 1 is 1.21 bits per heavy atom. The molecule has 0 radical (unpaired) electrons. The Kier molecular flexibility index (Phi) is 5.79. The van der Waals surface area contributed by atoms with Crippen LogP contribution in [0.15, 0.2) is 48.0 Å². The first-order valence-electron chi connectivity index (χ1n) is 8.66. The summed E-state index contributed by atoms with van der Waals surface area (Å²) in [5.41, 5.74) is 1.80. The maximum atomic E-state index is 13.2. The predicted octanol–water partition coefficient (Wildman–Crippen LogP) is 5.06. The van der Waals surface area contributed by atoms with E-state index in [9.17, 15) is 15.2 Å². The van der Waals surface area contributed by atoms with Gasteiger partial charge in [-0.15, -0.1) is 11.3 Å². The zero-order chi connectivity index (χ0) is 21.1. The number of nitrogens with zero attached hydrogens (tertiary/aromatic N) is 3. The molecule has 1 aromatic heterocycles. The van der Waals surface area contributed by atoms with E-state index in [0.29, 0.717) is 15.2 Å². The first-order valence-corrected chi connectivity index (χ1v) is 9.88. The number of fused-ring (bicyclic) bond motifs is 1. The van der Waals surface area contributed by atoms with E-state index in [1.54, 1.807) is 6.07 Å². The fourth-order valence-electron chi connectivity index (χ4n) is 2.90. The van der Waals surface area contributed by atoms with Crippen molar-refractivity contribution in [3.63, 3.8) is 0 Å². The van der Waals surface area contributed by atoms with Crippen LogP contribution in [0.2, 0.25) is 0 Å². The number of aromatic amines is 1. The number of benzene rings is 2. The zero-order valence-corrected chi connectivity index (χ0v) is 17.3. The van der Waals surface area contributed by atoms with Crippen molar-refractivity contribution in [1.29, 1.82) is 10.5 Å². The van der Waals surface area contributed by atoms with Crippen LogP contribution in [0.5, 0.6) is 0 Å². The fraction of sp³-hybridized carbons (Fsp3) is 0.143. The van der Waals surface area contributed by atoms with Crippen LogP contribution in [0.3, 0.4) is 0 Å². The number of H-pyrrole nitrogens is 1. The molecule has 2 aromatic carbocycles. The van der Waals surface area contributed by atoms with E-state index in [-0.39, 0.29) is 17.2 Å². The number of hydrogen-bond donors (Lipinski definition) is 2. The Morgan fingerprint density at radius 3 is 2.48 bits per heavy atom. The van der Waals surface area contributed by atoms with Crippen LogP contribution in [-0.4, -0.2) is 22.0 Å². The van der Waals surface area contributed by atoms with Gasteiger partial charge in [-0.2, -0.15) is 10.5 Å². The van der Waals surface area contributed by atoms with E-state index in [2.05, 4.69) is 4.98 Å². The molecule has 144 valence electrons. The molecule has 29 heavy (non-hydrogen) atoms. The summed E-state index contributed by atoms with van der Waals surface area (Å²) < 4.78 is 1.53. The lowest BCUT2D eigenvalue weighted by Crippen LogP contribution is -2.38. The van der Waals surface area contributed by atoms with Gasteiger partial charge in [0.05, 0.1) is 21.8 Å². The van der Waals surface area contributed by atoms with Gasteiger partial charge in [-0.05, 0) is 68.5 Å². The molecular weight excluding hydrogens is 404 g/mol. The summed E-state index contributed by atoms with van der Waals surface area (Å²) in [4.78, 5) is 17.7. The summed E-state index contributed by atoms with van der Waals surface area (Å²) in [6.07, 6.45) is 0. The maximum Gasteiger partial charge on any atom is 0.273 e. The number of amides is 1. The number of rotatable bonds is 4. The van der Waals surface area contributed by atoms with Crippen LogP contribution in [0.4, 0.5) is 5.69 Å². The minimum Gasteiger partial charge on any atom is -0.506 e. The number of carbonyl (C=O) groups excluding carboxylic acids is 1. The summed E-state index contributed by atoms with van der Waals surface area (Å²) in [6.45, 7) is 3.66. The number of aromatic nitrogens is 1. The van der Waals surface area contributed by atoms with E-state index >= 15 is 0 Å². The van der Waals surface area contributed by atoms with Crippen LogP contribution in [-0.2, 0) is 4.79 Å². The lowest BCUT2D eigenvalue weighted by atomic mass is 10.1. The van der Waals surface area contributed by atoms with E-state index in [1.807, 2.05) is 38.1 Å². The summed E-state index contributed by atoms with van der Waals surface area (Å²) in [5, 5.41) is 29.1. The minimum absolute atomic E-state index is 0.260. The van der Waals surface area contributed by atoms with Crippen molar-refractivity contribution in [2.45, 2.75) is 19.9 Å². The van der Waals surface area contributed by atoms with Crippen LogP contribution < -0.4 is 4.90 Å². The Hall–Kier alpha value is -3.46. The second kappa shape index (κ2) is 8.27. The van der Waals surface area contributed by atoms with Crippen molar-refractivity contribution in [2.24, 2.45) is 0 Å². The molecule has 6 nitrogen and oxygen atoms in total. The number of carbonyl (C=O) groups is 1. The topological polar surface area (TPSA) is 104 Å². The van der Waals surface area contributed by atoms with Crippen molar-refractivity contribution in [1.82, 2.24) is 4.98 Å². The molecule has 1 heterocycles. The highest BCUT2D eigenvalue weighted by Crippen LogP contribution is 2.28. The van der Waals surface area contributed by atoms with Gasteiger partial charge in [0.15, 0.2) is 9.53 Å². The summed E-state index contributed by atoms with van der Waals surface area (Å²) >= 11 is 6.57. The van der Waals surface area contributed by atoms with Gasteiger partial charge in [0.25, 0.3) is 5.91 Å². The molecule has 0 aliphatic heterocycles. The first-order chi connectivity index (χ1) is 13.8. The van der Waals surface area contributed by atoms with Crippen LogP contribution in [0.25, 0.3) is 16.0 Å². The molecule has 0 aliphatic rings. The molecule has 0 bridgehead atoms. The number of hydrogen-bond acceptors (Lipinski definition) is 6. The molecule has 0 atom stereocenters. The highest BCUT2D eigenvalue weighted by molar-refractivity contribution is 7.73.